The number of hydrogen-bond acceptors (Lipinski definition) is 2. The third-order valence-corrected chi connectivity index (χ3v) is 7.83. The summed E-state index contributed by atoms with van der Waals surface area (Å²) >= 11 is 0. The Balaban J connectivity index is 1.65. The molecule has 0 heterocycles. The van der Waals surface area contributed by atoms with E-state index in [1.807, 2.05) is 0 Å². The van der Waals surface area contributed by atoms with Gasteiger partial charge in [0.25, 0.3) is 0 Å². The van der Waals surface area contributed by atoms with Gasteiger partial charge < -0.3 is 9.80 Å². The van der Waals surface area contributed by atoms with Crippen LogP contribution < -0.4 is 9.80 Å². The molecule has 2 nitrogen and oxygen atoms in total. The minimum Gasteiger partial charge on any atom is -0.308 e. The molecule has 7 aromatic rings. The van der Waals surface area contributed by atoms with E-state index in [4.69, 9.17) is 0 Å². The largest absolute Gasteiger partial charge is 0.308 e. The summed E-state index contributed by atoms with van der Waals surface area (Å²) < 4.78 is 0. The fourth-order valence-corrected chi connectivity index (χ4v) is 5.89. The number of para-hydroxylation sites is 4. The van der Waals surface area contributed by atoms with E-state index in [0.717, 1.165) is 39.7 Å². The van der Waals surface area contributed by atoms with Gasteiger partial charge in [0.2, 0.25) is 0 Å². The number of hydrogen-bond donors (Lipinski definition) is 0. The Morgan fingerprint density at radius 1 is 0.273 bits per heavy atom. The zero-order chi connectivity index (χ0) is 29.6. The van der Waals surface area contributed by atoms with Crippen LogP contribution in [0, 0.1) is 0 Å². The first-order valence-electron chi connectivity index (χ1n) is 15.0. The molecule has 0 radical (unpaired) electrons. The molecule has 0 fully saturated rings. The van der Waals surface area contributed by atoms with Crippen molar-refractivity contribution in [1.82, 2.24) is 0 Å². The molecule has 0 spiro atoms. The molecular weight excluding hydrogens is 532 g/mol. The molecule has 0 bridgehead atoms. The molecular formula is C42H32N2. The molecule has 0 aliphatic rings. The highest BCUT2D eigenvalue weighted by atomic mass is 15.2. The number of benzene rings is 7. The van der Waals surface area contributed by atoms with Crippen molar-refractivity contribution in [3.05, 3.63) is 194 Å². The summed E-state index contributed by atoms with van der Waals surface area (Å²) in [5, 5.41) is 0. The van der Waals surface area contributed by atoms with E-state index in [1.165, 1.54) is 16.7 Å². The van der Waals surface area contributed by atoms with Crippen molar-refractivity contribution in [3.8, 4) is 22.3 Å². The monoisotopic (exact) mass is 564 g/mol. The summed E-state index contributed by atoms with van der Waals surface area (Å²) in [5.41, 5.74) is 11.2. The predicted molar refractivity (Wildman–Crippen MR) is 187 cm³/mol. The normalized spacial score (nSPS) is 10.7. The van der Waals surface area contributed by atoms with Gasteiger partial charge in [0.1, 0.15) is 0 Å². The summed E-state index contributed by atoms with van der Waals surface area (Å²) in [6.45, 7) is 0. The zero-order valence-electron chi connectivity index (χ0n) is 24.4. The van der Waals surface area contributed by atoms with Crippen LogP contribution in [0.2, 0.25) is 0 Å². The molecule has 210 valence electrons. The summed E-state index contributed by atoms with van der Waals surface area (Å²) in [4.78, 5) is 4.78. The van der Waals surface area contributed by atoms with Crippen LogP contribution in [0.25, 0.3) is 22.3 Å². The molecule has 0 N–H and O–H groups in total. The quantitative estimate of drug-likeness (QED) is 0.181. The van der Waals surface area contributed by atoms with E-state index >= 15 is 0 Å². The van der Waals surface area contributed by atoms with Gasteiger partial charge in [-0.15, -0.1) is 0 Å². The standard InChI is InChI=1S/C42H32N2/c1-7-19-33(20-8-1)39-31-32-40(43(35-23-11-3-12-24-35)36-25-13-4-14-26-36)42(41(39)34-21-9-2-10-22-34)44(37-27-15-5-16-28-37)38-29-17-6-18-30-38/h1-32H. The van der Waals surface area contributed by atoms with Gasteiger partial charge in [0, 0.05) is 28.3 Å². The second kappa shape index (κ2) is 12.6. The van der Waals surface area contributed by atoms with Crippen LogP contribution in [0.5, 0.6) is 0 Å². The van der Waals surface area contributed by atoms with Crippen molar-refractivity contribution in [1.29, 1.82) is 0 Å². The van der Waals surface area contributed by atoms with Gasteiger partial charge in [-0.25, -0.2) is 0 Å². The molecule has 0 aromatic heterocycles. The lowest BCUT2D eigenvalue weighted by molar-refractivity contribution is 1.23. The van der Waals surface area contributed by atoms with E-state index in [9.17, 15) is 0 Å². The van der Waals surface area contributed by atoms with Crippen LogP contribution in [0.3, 0.4) is 0 Å². The first kappa shape index (κ1) is 27.0. The molecule has 0 amide bonds. The fraction of sp³-hybridized carbons (Fsp3) is 0. The Hall–Kier alpha value is -5.86. The summed E-state index contributed by atoms with van der Waals surface area (Å²) in [7, 11) is 0. The molecule has 0 atom stereocenters. The Bertz CT molecular complexity index is 1850. The van der Waals surface area contributed by atoms with Crippen LogP contribution in [-0.2, 0) is 0 Å². The molecule has 0 aliphatic heterocycles. The van der Waals surface area contributed by atoms with E-state index in [-0.39, 0.29) is 0 Å². The van der Waals surface area contributed by atoms with Crippen molar-refractivity contribution >= 4 is 34.1 Å². The van der Waals surface area contributed by atoms with E-state index in [0.29, 0.717) is 0 Å². The second-order valence-electron chi connectivity index (χ2n) is 10.6. The lowest BCUT2D eigenvalue weighted by Gasteiger charge is -2.35. The van der Waals surface area contributed by atoms with Gasteiger partial charge in [-0.05, 0) is 71.3 Å². The smallest absolute Gasteiger partial charge is 0.0787 e. The molecule has 44 heavy (non-hydrogen) atoms. The molecule has 0 saturated heterocycles. The molecule has 0 aliphatic carbocycles. The van der Waals surface area contributed by atoms with Crippen molar-refractivity contribution in [3.63, 3.8) is 0 Å². The van der Waals surface area contributed by atoms with Gasteiger partial charge in [0.05, 0.1) is 11.4 Å². The van der Waals surface area contributed by atoms with Gasteiger partial charge in [0.15, 0.2) is 0 Å². The van der Waals surface area contributed by atoms with Crippen molar-refractivity contribution in [2.75, 3.05) is 9.80 Å². The Morgan fingerprint density at radius 3 is 1.02 bits per heavy atom. The van der Waals surface area contributed by atoms with Crippen LogP contribution in [0.4, 0.5) is 34.1 Å². The fourth-order valence-electron chi connectivity index (χ4n) is 5.89. The van der Waals surface area contributed by atoms with E-state index < -0.39 is 0 Å². The maximum absolute atomic E-state index is 2.41. The molecule has 7 rings (SSSR count). The Kier molecular flexibility index (Phi) is 7.71. The van der Waals surface area contributed by atoms with Crippen molar-refractivity contribution in [2.24, 2.45) is 0 Å². The third kappa shape index (κ3) is 5.37. The maximum Gasteiger partial charge on any atom is 0.0787 e. The lowest BCUT2D eigenvalue weighted by Crippen LogP contribution is -2.18. The summed E-state index contributed by atoms with van der Waals surface area (Å²) in [6, 6.07) is 68.7. The van der Waals surface area contributed by atoms with Gasteiger partial charge in [-0.2, -0.15) is 0 Å². The van der Waals surface area contributed by atoms with Crippen molar-refractivity contribution < 1.29 is 0 Å². The van der Waals surface area contributed by atoms with Crippen LogP contribution in [0.1, 0.15) is 0 Å². The molecule has 2 heteroatoms. The number of rotatable bonds is 8. The van der Waals surface area contributed by atoms with Gasteiger partial charge in [-0.1, -0.05) is 140 Å². The first-order chi connectivity index (χ1) is 21.9. The average Bonchev–Trinajstić information content (AvgIpc) is 3.11. The number of anilines is 6. The van der Waals surface area contributed by atoms with E-state index in [2.05, 4.69) is 204 Å². The van der Waals surface area contributed by atoms with Crippen LogP contribution in [0.15, 0.2) is 194 Å². The second-order valence-corrected chi connectivity index (χ2v) is 10.6. The summed E-state index contributed by atoms with van der Waals surface area (Å²) in [6.07, 6.45) is 0. The Morgan fingerprint density at radius 2 is 0.614 bits per heavy atom. The minimum absolute atomic E-state index is 1.08. The highest BCUT2D eigenvalue weighted by Crippen LogP contribution is 2.52. The molecule has 7 aromatic carbocycles. The predicted octanol–water partition coefficient (Wildman–Crippen LogP) is 12.0. The maximum atomic E-state index is 2.41. The highest BCUT2D eigenvalue weighted by molar-refractivity contribution is 6.04. The van der Waals surface area contributed by atoms with Gasteiger partial charge >= 0.3 is 0 Å². The van der Waals surface area contributed by atoms with E-state index in [1.54, 1.807) is 0 Å². The topological polar surface area (TPSA) is 6.48 Å². The highest BCUT2D eigenvalue weighted by Gasteiger charge is 2.27. The Labute approximate surface area is 259 Å². The molecule has 0 unspecified atom stereocenters. The third-order valence-electron chi connectivity index (χ3n) is 7.83. The lowest BCUT2D eigenvalue weighted by atomic mass is 9.90. The zero-order valence-corrected chi connectivity index (χ0v) is 24.4. The van der Waals surface area contributed by atoms with Crippen molar-refractivity contribution in [2.45, 2.75) is 0 Å². The van der Waals surface area contributed by atoms with Crippen LogP contribution in [-0.4, -0.2) is 0 Å². The van der Waals surface area contributed by atoms with Crippen LogP contribution >= 0.6 is 0 Å². The summed E-state index contributed by atoms with van der Waals surface area (Å²) in [5.74, 6) is 0. The minimum atomic E-state index is 1.08. The average molecular weight is 565 g/mol. The number of nitrogens with zero attached hydrogens (tertiary/aromatic N) is 2. The van der Waals surface area contributed by atoms with Gasteiger partial charge in [-0.3, -0.25) is 0 Å². The first-order valence-corrected chi connectivity index (χ1v) is 15.0. The molecule has 0 saturated carbocycles. The SMILES string of the molecule is c1ccc(-c2ccc(N(c3ccccc3)c3ccccc3)c(N(c3ccccc3)c3ccccc3)c2-c2ccccc2)cc1.